The van der Waals surface area contributed by atoms with E-state index in [1.807, 2.05) is 12.3 Å². The van der Waals surface area contributed by atoms with Crippen LogP contribution in [0.3, 0.4) is 0 Å². The molecule has 0 atom stereocenters. The van der Waals surface area contributed by atoms with Gasteiger partial charge < -0.3 is 9.88 Å². The second-order valence-corrected chi connectivity index (χ2v) is 6.07. The first kappa shape index (κ1) is 15.0. The van der Waals surface area contributed by atoms with Crippen LogP contribution in [0.2, 0.25) is 0 Å². The first-order valence-electron chi connectivity index (χ1n) is 7.26. The van der Waals surface area contributed by atoms with Gasteiger partial charge in [-0.3, -0.25) is 9.59 Å². The van der Waals surface area contributed by atoms with Crippen molar-refractivity contribution in [1.82, 2.24) is 9.88 Å². The molecule has 20 heavy (non-hydrogen) atoms. The third kappa shape index (κ3) is 4.34. The highest BCUT2D eigenvalue weighted by Gasteiger charge is 2.07. The molecule has 0 aromatic carbocycles. The summed E-state index contributed by atoms with van der Waals surface area (Å²) >= 11 is 1.19. The molecule has 0 fully saturated rings. The number of aryl methyl sites for hydroxylation is 1. The van der Waals surface area contributed by atoms with E-state index in [2.05, 4.69) is 11.4 Å². The topological polar surface area (TPSA) is 51.1 Å². The van der Waals surface area contributed by atoms with Crippen molar-refractivity contribution < 1.29 is 4.79 Å². The maximum atomic E-state index is 11.8. The molecule has 2 rings (SSSR count). The summed E-state index contributed by atoms with van der Waals surface area (Å²) in [6.45, 7) is 3.08. The maximum absolute atomic E-state index is 11.8. The Bertz CT molecular complexity index is 542. The largest absolute Gasteiger partial charge is 0.356 e. The van der Waals surface area contributed by atoms with Crippen molar-refractivity contribution in [3.05, 3.63) is 32.4 Å². The van der Waals surface area contributed by atoms with E-state index in [0.717, 1.165) is 12.1 Å². The molecule has 0 bridgehead atoms. The molecule has 0 unspecified atom stereocenters. The van der Waals surface area contributed by atoms with Gasteiger partial charge in [-0.05, 0) is 39.0 Å². The van der Waals surface area contributed by atoms with Crippen molar-refractivity contribution >= 4 is 17.2 Å². The molecule has 1 amide bonds. The van der Waals surface area contributed by atoms with Crippen molar-refractivity contribution in [2.24, 2.45) is 0 Å². The van der Waals surface area contributed by atoms with E-state index in [1.165, 1.54) is 42.6 Å². The fourth-order valence-electron chi connectivity index (χ4n) is 2.47. The zero-order valence-corrected chi connectivity index (χ0v) is 12.8. The lowest BCUT2D eigenvalue weighted by Crippen LogP contribution is -2.27. The first-order chi connectivity index (χ1) is 9.66. The molecule has 1 aromatic rings. The fourth-order valence-corrected chi connectivity index (χ4v) is 3.23. The van der Waals surface area contributed by atoms with Gasteiger partial charge in [-0.15, -0.1) is 0 Å². The molecular weight excluding hydrogens is 272 g/mol. The summed E-state index contributed by atoms with van der Waals surface area (Å²) < 4.78 is 1.66. The number of nitrogens with one attached hydrogen (secondary N) is 1. The van der Waals surface area contributed by atoms with Gasteiger partial charge in [0.25, 0.3) is 0 Å². The molecule has 0 saturated heterocycles. The van der Waals surface area contributed by atoms with Gasteiger partial charge in [0, 0.05) is 30.6 Å². The minimum atomic E-state index is 0.0164. The highest BCUT2D eigenvalue weighted by Crippen LogP contribution is 2.19. The van der Waals surface area contributed by atoms with E-state index in [4.69, 9.17) is 0 Å². The number of allylic oxidation sites excluding steroid dienone is 1. The zero-order chi connectivity index (χ0) is 14.4. The molecule has 0 radical (unpaired) electrons. The van der Waals surface area contributed by atoms with Crippen LogP contribution in [-0.2, 0) is 11.3 Å². The van der Waals surface area contributed by atoms with E-state index in [1.54, 1.807) is 4.57 Å². The van der Waals surface area contributed by atoms with Crippen molar-refractivity contribution in [3.63, 3.8) is 0 Å². The van der Waals surface area contributed by atoms with E-state index in [-0.39, 0.29) is 10.8 Å². The van der Waals surface area contributed by atoms with Crippen LogP contribution in [0, 0.1) is 6.92 Å². The van der Waals surface area contributed by atoms with Gasteiger partial charge in [0.15, 0.2) is 0 Å². The number of thiazole rings is 1. The van der Waals surface area contributed by atoms with Gasteiger partial charge >= 0.3 is 4.87 Å². The molecule has 0 spiro atoms. The smallest absolute Gasteiger partial charge is 0.307 e. The molecular formula is C15H22N2O2S. The van der Waals surface area contributed by atoms with Crippen LogP contribution in [0.5, 0.6) is 0 Å². The van der Waals surface area contributed by atoms with Crippen molar-refractivity contribution in [2.75, 3.05) is 6.54 Å². The number of aromatic nitrogens is 1. The second-order valence-electron chi connectivity index (χ2n) is 5.25. The lowest BCUT2D eigenvalue weighted by atomic mass is 9.97. The van der Waals surface area contributed by atoms with E-state index >= 15 is 0 Å². The Balaban J connectivity index is 1.68. The molecule has 5 heteroatoms. The molecule has 4 nitrogen and oxygen atoms in total. The summed E-state index contributed by atoms with van der Waals surface area (Å²) in [4.78, 5) is 23.3. The monoisotopic (exact) mass is 294 g/mol. The Morgan fingerprint density at radius 1 is 1.45 bits per heavy atom. The minimum absolute atomic E-state index is 0.0164. The Labute approximate surface area is 123 Å². The van der Waals surface area contributed by atoms with Crippen LogP contribution in [0.25, 0.3) is 0 Å². The summed E-state index contributed by atoms with van der Waals surface area (Å²) in [7, 11) is 0. The van der Waals surface area contributed by atoms with E-state index in [0.29, 0.717) is 19.5 Å². The van der Waals surface area contributed by atoms with Crippen molar-refractivity contribution in [3.8, 4) is 0 Å². The number of carbonyl (C=O) groups excluding carboxylic acids is 1. The van der Waals surface area contributed by atoms with Crippen molar-refractivity contribution in [1.29, 1.82) is 0 Å². The highest BCUT2D eigenvalue weighted by molar-refractivity contribution is 7.07. The zero-order valence-electron chi connectivity index (χ0n) is 12.0. The van der Waals surface area contributed by atoms with Gasteiger partial charge in [0.2, 0.25) is 5.91 Å². The van der Waals surface area contributed by atoms with Crippen LogP contribution in [-0.4, -0.2) is 17.0 Å². The van der Waals surface area contributed by atoms with Crippen molar-refractivity contribution in [2.45, 2.75) is 52.0 Å². The van der Waals surface area contributed by atoms with Gasteiger partial charge in [0.1, 0.15) is 0 Å². The summed E-state index contributed by atoms with van der Waals surface area (Å²) in [5.41, 5.74) is 2.40. The number of carbonyl (C=O) groups is 1. The Morgan fingerprint density at radius 2 is 2.30 bits per heavy atom. The molecule has 110 valence electrons. The summed E-state index contributed by atoms with van der Waals surface area (Å²) in [5, 5.41) is 4.77. The van der Waals surface area contributed by atoms with E-state index in [9.17, 15) is 9.59 Å². The molecule has 1 aliphatic rings. The molecule has 1 aromatic heterocycles. The normalized spacial score (nSPS) is 14.9. The summed E-state index contributed by atoms with van der Waals surface area (Å²) in [6, 6.07) is 0. The van der Waals surface area contributed by atoms with Crippen LogP contribution in [0.15, 0.2) is 21.8 Å². The number of rotatable bonds is 6. The van der Waals surface area contributed by atoms with Crippen LogP contribution >= 0.6 is 11.3 Å². The van der Waals surface area contributed by atoms with E-state index < -0.39 is 0 Å². The third-order valence-corrected chi connectivity index (χ3v) is 4.57. The molecule has 1 N–H and O–H groups in total. The van der Waals surface area contributed by atoms with Crippen LogP contribution < -0.4 is 10.2 Å². The van der Waals surface area contributed by atoms with Gasteiger partial charge in [-0.25, -0.2) is 0 Å². The maximum Gasteiger partial charge on any atom is 0.307 e. The second kappa shape index (κ2) is 7.43. The molecule has 1 heterocycles. The molecule has 0 saturated carbocycles. The lowest BCUT2D eigenvalue weighted by molar-refractivity contribution is -0.121. The molecule has 0 aliphatic heterocycles. The highest BCUT2D eigenvalue weighted by atomic mass is 32.1. The third-order valence-electron chi connectivity index (χ3n) is 3.69. The van der Waals surface area contributed by atoms with Gasteiger partial charge in [0.05, 0.1) is 0 Å². The number of hydrogen-bond donors (Lipinski definition) is 1. The van der Waals surface area contributed by atoms with Crippen LogP contribution in [0.1, 0.15) is 44.2 Å². The summed E-state index contributed by atoms with van der Waals surface area (Å²) in [5.74, 6) is 0.0268. The summed E-state index contributed by atoms with van der Waals surface area (Å²) in [6.07, 6.45) is 8.58. The predicted molar refractivity (Wildman–Crippen MR) is 82.1 cm³/mol. The minimum Gasteiger partial charge on any atom is -0.356 e. The van der Waals surface area contributed by atoms with Gasteiger partial charge in [-0.1, -0.05) is 23.0 Å². The lowest BCUT2D eigenvalue weighted by Gasteiger charge is -2.13. The van der Waals surface area contributed by atoms with Gasteiger partial charge in [-0.2, -0.15) is 0 Å². The Kier molecular flexibility index (Phi) is 5.59. The Morgan fingerprint density at radius 3 is 2.95 bits per heavy atom. The SMILES string of the molecule is Cc1csc(=O)n1CCC(=O)NCCC1=CCCCC1. The fraction of sp³-hybridized carbons (Fsp3) is 0.600. The predicted octanol–water partition coefficient (Wildman–Crippen LogP) is 2.62. The van der Waals surface area contributed by atoms with Crippen LogP contribution in [0.4, 0.5) is 0 Å². The number of amides is 1. The first-order valence-corrected chi connectivity index (χ1v) is 8.14. The quantitative estimate of drug-likeness (QED) is 0.820. The molecule has 1 aliphatic carbocycles. The number of hydrogen-bond acceptors (Lipinski definition) is 3. The average Bonchev–Trinajstić information content (AvgIpc) is 2.77. The Hall–Kier alpha value is -1.36. The average molecular weight is 294 g/mol. The standard InChI is InChI=1S/C15H22N2O2S/c1-12-11-20-15(19)17(12)10-8-14(18)16-9-7-13-5-3-2-4-6-13/h5,11H,2-4,6-10H2,1H3,(H,16,18). The number of nitrogens with zero attached hydrogens (tertiary/aromatic N) is 1.